The fourth-order valence-electron chi connectivity index (χ4n) is 1.82. The zero-order valence-electron chi connectivity index (χ0n) is 11.2. The zero-order valence-corrected chi connectivity index (χ0v) is 13.6. The third-order valence-corrected chi connectivity index (χ3v) is 5.33. The number of nitrogen functional groups attached to an aromatic ring is 1. The minimum absolute atomic E-state index is 0.585. The number of nitrogens with zero attached hydrogens (tertiary/aromatic N) is 2. The van der Waals surface area contributed by atoms with Crippen molar-refractivity contribution in [2.24, 2.45) is 0 Å². The molecule has 0 bridgehead atoms. The van der Waals surface area contributed by atoms with Crippen molar-refractivity contribution in [1.82, 2.24) is 9.97 Å². The van der Waals surface area contributed by atoms with E-state index in [0.717, 1.165) is 15.5 Å². The molecule has 2 N–H and O–H groups in total. The van der Waals surface area contributed by atoms with Crippen molar-refractivity contribution >= 4 is 39.8 Å². The highest BCUT2D eigenvalue weighted by molar-refractivity contribution is 8.00. The van der Waals surface area contributed by atoms with Gasteiger partial charge in [-0.15, -0.1) is 11.8 Å². The first-order chi connectivity index (χ1) is 10.1. The van der Waals surface area contributed by atoms with E-state index in [2.05, 4.69) is 9.97 Å². The van der Waals surface area contributed by atoms with Crippen LogP contribution in [0.25, 0.3) is 11.3 Å². The third kappa shape index (κ3) is 3.40. The summed E-state index contributed by atoms with van der Waals surface area (Å²) in [5.74, 6) is 2.03. The largest absolute Gasteiger partial charge is 0.440 e. The topological polar surface area (TPSA) is 64.9 Å². The maximum Gasteiger partial charge on any atom is 0.205 e. The summed E-state index contributed by atoms with van der Waals surface area (Å²) in [6.45, 7) is 1.95. The molecule has 0 aliphatic heterocycles. The lowest BCUT2D eigenvalue weighted by Gasteiger charge is -1.97. The average molecular weight is 338 g/mol. The molecule has 0 unspecified atom stereocenters. The fraction of sp³-hybridized carbons (Fsp3) is 0.143. The number of thioether (sulfide) groups is 1. The Morgan fingerprint density at radius 2 is 2.29 bits per heavy atom. The van der Waals surface area contributed by atoms with Crippen LogP contribution >= 0.6 is 34.7 Å². The van der Waals surface area contributed by atoms with E-state index < -0.39 is 0 Å². The number of rotatable bonds is 4. The van der Waals surface area contributed by atoms with Crippen molar-refractivity contribution in [2.45, 2.75) is 16.9 Å². The highest BCUT2D eigenvalue weighted by Crippen LogP contribution is 2.33. The lowest BCUT2D eigenvalue weighted by Crippen LogP contribution is -1.81. The van der Waals surface area contributed by atoms with Gasteiger partial charge in [0.15, 0.2) is 10.9 Å². The summed E-state index contributed by atoms with van der Waals surface area (Å²) in [7, 11) is 0. The predicted octanol–water partition coefficient (Wildman–Crippen LogP) is 4.63. The number of aromatic nitrogens is 2. The van der Waals surface area contributed by atoms with Gasteiger partial charge >= 0.3 is 0 Å². The Morgan fingerprint density at radius 1 is 1.43 bits per heavy atom. The second-order valence-corrected chi connectivity index (χ2v) is 7.05. The fourth-order valence-corrected chi connectivity index (χ4v) is 3.88. The highest BCUT2D eigenvalue weighted by atomic mass is 35.5. The van der Waals surface area contributed by atoms with Gasteiger partial charge < -0.3 is 10.2 Å². The zero-order chi connectivity index (χ0) is 14.8. The van der Waals surface area contributed by atoms with E-state index in [1.165, 1.54) is 11.3 Å². The molecular weight excluding hydrogens is 326 g/mol. The van der Waals surface area contributed by atoms with Gasteiger partial charge in [0.2, 0.25) is 5.89 Å². The monoisotopic (exact) mass is 337 g/mol. The SMILES string of the molecule is Cc1nc(N)sc1SCc1ncc(-c2cccc(Cl)c2)o1. The summed E-state index contributed by atoms with van der Waals surface area (Å²) in [4.78, 5) is 8.49. The van der Waals surface area contributed by atoms with Gasteiger partial charge in [-0.1, -0.05) is 35.1 Å². The molecule has 0 spiro atoms. The van der Waals surface area contributed by atoms with Gasteiger partial charge in [-0.2, -0.15) is 0 Å². The number of anilines is 1. The molecule has 108 valence electrons. The summed E-state index contributed by atoms with van der Waals surface area (Å²) < 4.78 is 6.85. The van der Waals surface area contributed by atoms with Crippen LogP contribution in [0.4, 0.5) is 5.13 Å². The van der Waals surface area contributed by atoms with Gasteiger partial charge in [0, 0.05) is 10.6 Å². The summed E-state index contributed by atoms with van der Waals surface area (Å²) in [6, 6.07) is 7.51. The standard InChI is InChI=1S/C14H12ClN3OS2/c1-8-13(21-14(16)18-8)20-7-12-17-6-11(19-12)9-3-2-4-10(15)5-9/h2-6H,7H2,1H3,(H2,16,18). The van der Waals surface area contributed by atoms with E-state index in [1.54, 1.807) is 18.0 Å². The summed E-state index contributed by atoms with van der Waals surface area (Å²) in [5, 5.41) is 1.26. The number of hydrogen-bond donors (Lipinski definition) is 1. The number of thiazole rings is 1. The molecular formula is C14H12ClN3OS2. The first-order valence-corrected chi connectivity index (χ1v) is 8.36. The van der Waals surface area contributed by atoms with Crippen LogP contribution < -0.4 is 5.73 Å². The molecule has 0 saturated carbocycles. The molecule has 2 heterocycles. The molecule has 0 aliphatic rings. The maximum absolute atomic E-state index is 5.98. The molecule has 0 saturated heterocycles. The van der Waals surface area contributed by atoms with Crippen LogP contribution in [0.5, 0.6) is 0 Å². The molecule has 0 fully saturated rings. The van der Waals surface area contributed by atoms with Gasteiger partial charge in [-0.3, -0.25) is 0 Å². The second kappa shape index (κ2) is 6.09. The van der Waals surface area contributed by atoms with Crippen molar-refractivity contribution in [3.63, 3.8) is 0 Å². The van der Waals surface area contributed by atoms with Gasteiger partial charge in [0.1, 0.15) is 0 Å². The first-order valence-electron chi connectivity index (χ1n) is 6.18. The van der Waals surface area contributed by atoms with E-state index in [1.807, 2.05) is 31.2 Å². The molecule has 0 amide bonds. The molecule has 3 rings (SSSR count). The van der Waals surface area contributed by atoms with Crippen molar-refractivity contribution in [3.05, 3.63) is 47.1 Å². The number of hydrogen-bond acceptors (Lipinski definition) is 6. The molecule has 3 aromatic rings. The average Bonchev–Trinajstić information content (AvgIpc) is 3.03. The smallest absolute Gasteiger partial charge is 0.205 e. The van der Waals surface area contributed by atoms with Crippen LogP contribution in [-0.2, 0) is 5.75 Å². The predicted molar refractivity (Wildman–Crippen MR) is 87.8 cm³/mol. The van der Waals surface area contributed by atoms with E-state index in [9.17, 15) is 0 Å². The summed E-state index contributed by atoms with van der Waals surface area (Å²) >= 11 is 9.09. The van der Waals surface area contributed by atoms with Gasteiger partial charge in [0.25, 0.3) is 0 Å². The Bertz CT molecular complexity index is 769. The van der Waals surface area contributed by atoms with Crippen LogP contribution in [0.1, 0.15) is 11.6 Å². The minimum Gasteiger partial charge on any atom is -0.440 e. The summed E-state index contributed by atoms with van der Waals surface area (Å²) in [6.07, 6.45) is 1.72. The quantitative estimate of drug-likeness (QED) is 0.703. The molecule has 0 aliphatic carbocycles. The molecule has 4 nitrogen and oxygen atoms in total. The second-order valence-electron chi connectivity index (χ2n) is 4.34. The molecule has 7 heteroatoms. The lowest BCUT2D eigenvalue weighted by molar-refractivity contribution is 0.530. The van der Waals surface area contributed by atoms with Crippen molar-refractivity contribution in [1.29, 1.82) is 0 Å². The molecule has 0 radical (unpaired) electrons. The van der Waals surface area contributed by atoms with E-state index in [4.69, 9.17) is 21.8 Å². The normalized spacial score (nSPS) is 11.0. The number of aryl methyl sites for hydroxylation is 1. The molecule has 1 aromatic carbocycles. The van der Waals surface area contributed by atoms with Gasteiger partial charge in [-0.05, 0) is 19.1 Å². The van der Waals surface area contributed by atoms with E-state index in [0.29, 0.717) is 27.6 Å². The first kappa shape index (κ1) is 14.4. The Labute approximate surface area is 135 Å². The Morgan fingerprint density at radius 3 is 3.00 bits per heavy atom. The lowest BCUT2D eigenvalue weighted by atomic mass is 10.2. The van der Waals surface area contributed by atoms with Crippen molar-refractivity contribution in [2.75, 3.05) is 5.73 Å². The summed E-state index contributed by atoms with van der Waals surface area (Å²) in [5.41, 5.74) is 7.55. The van der Waals surface area contributed by atoms with E-state index >= 15 is 0 Å². The van der Waals surface area contributed by atoms with Gasteiger partial charge in [-0.25, -0.2) is 9.97 Å². The molecule has 21 heavy (non-hydrogen) atoms. The Balaban J connectivity index is 1.72. The van der Waals surface area contributed by atoms with Gasteiger partial charge in [0.05, 0.1) is 21.9 Å². The van der Waals surface area contributed by atoms with Crippen LogP contribution in [0.3, 0.4) is 0 Å². The van der Waals surface area contributed by atoms with Crippen LogP contribution in [-0.4, -0.2) is 9.97 Å². The third-order valence-electron chi connectivity index (χ3n) is 2.76. The Hall–Kier alpha value is -1.50. The number of nitrogens with two attached hydrogens (primary N) is 1. The maximum atomic E-state index is 5.98. The van der Waals surface area contributed by atoms with Crippen LogP contribution in [0.15, 0.2) is 39.1 Å². The molecule has 2 aromatic heterocycles. The van der Waals surface area contributed by atoms with Crippen molar-refractivity contribution in [3.8, 4) is 11.3 Å². The number of halogens is 1. The number of benzene rings is 1. The Kier molecular flexibility index (Phi) is 4.19. The number of oxazole rings is 1. The highest BCUT2D eigenvalue weighted by Gasteiger charge is 2.10. The van der Waals surface area contributed by atoms with Crippen LogP contribution in [0, 0.1) is 6.92 Å². The van der Waals surface area contributed by atoms with E-state index in [-0.39, 0.29) is 0 Å². The van der Waals surface area contributed by atoms with Crippen molar-refractivity contribution < 1.29 is 4.42 Å². The molecule has 0 atom stereocenters. The minimum atomic E-state index is 0.585. The van der Waals surface area contributed by atoms with Crippen LogP contribution in [0.2, 0.25) is 5.02 Å².